The van der Waals surface area contributed by atoms with Crippen LogP contribution in [0.5, 0.6) is 0 Å². The van der Waals surface area contributed by atoms with Gasteiger partial charge in [-0.1, -0.05) is 34.1 Å². The fourth-order valence-electron chi connectivity index (χ4n) is 2.19. The third kappa shape index (κ3) is 3.54. The highest BCUT2D eigenvalue weighted by Gasteiger charge is 2.22. The Bertz CT molecular complexity index is 378. The molecule has 100 valence electrons. The fraction of sp³-hybridized carbons (Fsp3) is 0.571. The molecule has 18 heavy (non-hydrogen) atoms. The second-order valence-corrected chi connectivity index (χ2v) is 5.72. The molecule has 0 aliphatic carbocycles. The van der Waals surface area contributed by atoms with Crippen molar-refractivity contribution in [2.24, 2.45) is 11.7 Å². The second kappa shape index (κ2) is 6.66. The summed E-state index contributed by atoms with van der Waals surface area (Å²) in [5.74, 6) is 0.508. The molecule has 1 aliphatic rings. The van der Waals surface area contributed by atoms with Crippen molar-refractivity contribution in [2.75, 3.05) is 19.8 Å². The van der Waals surface area contributed by atoms with E-state index in [1.165, 1.54) is 0 Å². The lowest BCUT2D eigenvalue weighted by Crippen LogP contribution is -2.29. The van der Waals surface area contributed by atoms with Gasteiger partial charge in [-0.05, 0) is 25.0 Å². The Balaban J connectivity index is 2.01. The Morgan fingerprint density at radius 1 is 1.50 bits per heavy atom. The van der Waals surface area contributed by atoms with Crippen LogP contribution in [0.2, 0.25) is 0 Å². The summed E-state index contributed by atoms with van der Waals surface area (Å²) in [7, 11) is 0. The molecule has 0 amide bonds. The largest absolute Gasteiger partial charge is 0.381 e. The van der Waals surface area contributed by atoms with Crippen LogP contribution in [0.25, 0.3) is 0 Å². The van der Waals surface area contributed by atoms with Gasteiger partial charge in [0.25, 0.3) is 0 Å². The van der Waals surface area contributed by atoms with Crippen molar-refractivity contribution < 1.29 is 9.47 Å². The van der Waals surface area contributed by atoms with Gasteiger partial charge < -0.3 is 15.2 Å². The smallest absolute Gasteiger partial charge is 0.0983 e. The van der Waals surface area contributed by atoms with Crippen LogP contribution >= 0.6 is 15.9 Å². The van der Waals surface area contributed by atoms with Crippen LogP contribution in [0.4, 0.5) is 0 Å². The van der Waals surface area contributed by atoms with Crippen LogP contribution in [-0.2, 0) is 9.47 Å². The lowest BCUT2D eigenvalue weighted by Gasteiger charge is -2.24. The fourth-order valence-corrected chi connectivity index (χ4v) is 2.70. The molecule has 4 heteroatoms. The number of halogens is 1. The van der Waals surface area contributed by atoms with Crippen molar-refractivity contribution in [1.82, 2.24) is 0 Å². The summed E-state index contributed by atoms with van der Waals surface area (Å²) in [4.78, 5) is 0. The van der Waals surface area contributed by atoms with Gasteiger partial charge in [-0.25, -0.2) is 0 Å². The Kier molecular flexibility index (Phi) is 5.18. The first kappa shape index (κ1) is 14.0. The van der Waals surface area contributed by atoms with E-state index in [1.807, 2.05) is 25.1 Å². The molecular weight excluding hydrogens is 294 g/mol. The first-order valence-electron chi connectivity index (χ1n) is 6.38. The summed E-state index contributed by atoms with van der Waals surface area (Å²) in [6, 6.07) is 8.05. The van der Waals surface area contributed by atoms with Gasteiger partial charge in [0.2, 0.25) is 0 Å². The van der Waals surface area contributed by atoms with Gasteiger partial charge in [-0.3, -0.25) is 0 Å². The van der Waals surface area contributed by atoms with Crippen molar-refractivity contribution in [3.63, 3.8) is 0 Å². The molecule has 2 rings (SSSR count). The zero-order valence-electron chi connectivity index (χ0n) is 10.6. The molecule has 0 radical (unpaired) electrons. The molecule has 1 saturated heterocycles. The first-order chi connectivity index (χ1) is 8.68. The van der Waals surface area contributed by atoms with Gasteiger partial charge in [0, 0.05) is 23.0 Å². The molecule has 0 bridgehead atoms. The van der Waals surface area contributed by atoms with Crippen LogP contribution in [0.1, 0.15) is 25.0 Å². The van der Waals surface area contributed by atoms with Crippen LogP contribution in [0.15, 0.2) is 28.7 Å². The summed E-state index contributed by atoms with van der Waals surface area (Å²) in [5.41, 5.74) is 7.16. The van der Waals surface area contributed by atoms with Crippen molar-refractivity contribution in [3.8, 4) is 0 Å². The van der Waals surface area contributed by atoms with E-state index in [-0.39, 0.29) is 12.1 Å². The maximum absolute atomic E-state index is 6.05. The zero-order chi connectivity index (χ0) is 13.0. The summed E-state index contributed by atoms with van der Waals surface area (Å²) in [6.45, 7) is 4.36. The highest BCUT2D eigenvalue weighted by molar-refractivity contribution is 9.10. The molecule has 0 saturated carbocycles. The molecule has 1 aliphatic heterocycles. The third-order valence-electron chi connectivity index (χ3n) is 3.22. The standard InChI is InChI=1S/C14H20BrNO2/c1-10(16)14(12-4-2-3-5-13(12)15)18-9-11-6-7-17-8-11/h2-5,10-11,14H,6-9,16H2,1H3. The van der Waals surface area contributed by atoms with E-state index in [0.29, 0.717) is 12.5 Å². The van der Waals surface area contributed by atoms with Gasteiger partial charge in [-0.15, -0.1) is 0 Å². The number of hydrogen-bond donors (Lipinski definition) is 1. The van der Waals surface area contributed by atoms with Gasteiger partial charge in [-0.2, -0.15) is 0 Å². The van der Waals surface area contributed by atoms with Crippen molar-refractivity contribution in [3.05, 3.63) is 34.3 Å². The number of hydrogen-bond acceptors (Lipinski definition) is 3. The van der Waals surface area contributed by atoms with Gasteiger partial charge in [0.05, 0.1) is 19.3 Å². The lowest BCUT2D eigenvalue weighted by atomic mass is 10.0. The van der Waals surface area contributed by atoms with Gasteiger partial charge in [0.15, 0.2) is 0 Å². The van der Waals surface area contributed by atoms with Crippen LogP contribution in [0.3, 0.4) is 0 Å². The van der Waals surface area contributed by atoms with Gasteiger partial charge >= 0.3 is 0 Å². The van der Waals surface area contributed by atoms with Crippen molar-refractivity contribution in [2.45, 2.75) is 25.5 Å². The molecule has 2 N–H and O–H groups in total. The number of ether oxygens (including phenoxy) is 2. The molecule has 1 fully saturated rings. The van der Waals surface area contributed by atoms with Crippen LogP contribution in [0, 0.1) is 5.92 Å². The maximum atomic E-state index is 6.05. The summed E-state index contributed by atoms with van der Waals surface area (Å²) in [6.07, 6.45) is 1.02. The lowest BCUT2D eigenvalue weighted by molar-refractivity contribution is 0.0130. The molecule has 1 aromatic rings. The summed E-state index contributed by atoms with van der Waals surface area (Å²) < 4.78 is 12.4. The predicted octanol–water partition coefficient (Wildman–Crippen LogP) is 2.89. The van der Waals surface area contributed by atoms with Gasteiger partial charge in [0.1, 0.15) is 0 Å². The molecule has 0 aromatic heterocycles. The number of benzene rings is 1. The Morgan fingerprint density at radius 2 is 2.28 bits per heavy atom. The van der Waals surface area contributed by atoms with E-state index in [0.717, 1.165) is 29.7 Å². The average Bonchev–Trinajstić information content (AvgIpc) is 2.84. The first-order valence-corrected chi connectivity index (χ1v) is 7.17. The molecule has 1 heterocycles. The summed E-state index contributed by atoms with van der Waals surface area (Å²) in [5, 5.41) is 0. The minimum absolute atomic E-state index is 0.0361. The Labute approximate surface area is 117 Å². The highest BCUT2D eigenvalue weighted by atomic mass is 79.9. The molecule has 3 unspecified atom stereocenters. The van der Waals surface area contributed by atoms with E-state index in [4.69, 9.17) is 15.2 Å². The topological polar surface area (TPSA) is 44.5 Å². The van der Waals surface area contributed by atoms with E-state index in [2.05, 4.69) is 22.0 Å². The maximum Gasteiger partial charge on any atom is 0.0983 e. The minimum atomic E-state index is -0.0684. The highest BCUT2D eigenvalue weighted by Crippen LogP contribution is 2.29. The van der Waals surface area contributed by atoms with Crippen LogP contribution < -0.4 is 5.73 Å². The summed E-state index contributed by atoms with van der Waals surface area (Å²) >= 11 is 3.56. The molecule has 3 atom stereocenters. The number of nitrogens with two attached hydrogens (primary N) is 1. The normalized spacial score (nSPS) is 22.9. The SMILES string of the molecule is CC(N)C(OCC1CCOC1)c1ccccc1Br. The molecule has 1 aromatic carbocycles. The van der Waals surface area contributed by atoms with E-state index >= 15 is 0 Å². The number of rotatable bonds is 5. The van der Waals surface area contributed by atoms with Crippen molar-refractivity contribution in [1.29, 1.82) is 0 Å². The third-order valence-corrected chi connectivity index (χ3v) is 3.95. The zero-order valence-corrected chi connectivity index (χ0v) is 12.2. The van der Waals surface area contributed by atoms with E-state index in [1.54, 1.807) is 0 Å². The molecule has 3 nitrogen and oxygen atoms in total. The molecule has 0 spiro atoms. The molecular formula is C14H20BrNO2. The van der Waals surface area contributed by atoms with E-state index in [9.17, 15) is 0 Å². The minimum Gasteiger partial charge on any atom is -0.381 e. The predicted molar refractivity (Wildman–Crippen MR) is 75.4 cm³/mol. The van der Waals surface area contributed by atoms with E-state index < -0.39 is 0 Å². The van der Waals surface area contributed by atoms with Crippen LogP contribution in [-0.4, -0.2) is 25.9 Å². The quantitative estimate of drug-likeness (QED) is 0.909. The monoisotopic (exact) mass is 313 g/mol. The van der Waals surface area contributed by atoms with Crippen molar-refractivity contribution >= 4 is 15.9 Å². The Hall–Kier alpha value is -0.420. The Morgan fingerprint density at radius 3 is 2.89 bits per heavy atom. The second-order valence-electron chi connectivity index (χ2n) is 4.86. The average molecular weight is 314 g/mol.